The molecule has 15 nitrogen and oxygen atoms in total. The van der Waals surface area contributed by atoms with Crippen LogP contribution < -0.4 is 21.3 Å². The smallest absolute Gasteiger partial charge is 0.307 e. The number of carboxylic acid groups (broad SMARTS) is 1. The number of hydrogen-bond acceptors (Lipinski definition) is 10. The van der Waals surface area contributed by atoms with Crippen LogP contribution in [0.5, 0.6) is 0 Å². The van der Waals surface area contributed by atoms with Gasteiger partial charge in [-0.3, -0.25) is 38.4 Å². The Balaban J connectivity index is 1.61. The fourth-order valence-electron chi connectivity index (χ4n) is 6.74. The van der Waals surface area contributed by atoms with E-state index in [4.69, 9.17) is 9.47 Å². The van der Waals surface area contributed by atoms with Crippen molar-refractivity contribution in [3.8, 4) is 0 Å². The van der Waals surface area contributed by atoms with Gasteiger partial charge >= 0.3 is 17.9 Å². The van der Waals surface area contributed by atoms with Crippen LogP contribution in [0.15, 0.2) is 114 Å². The van der Waals surface area contributed by atoms with Crippen molar-refractivity contribution in [2.45, 2.75) is 76.3 Å². The Kier molecular flexibility index (Phi) is 16.0. The Hall–Kier alpha value is -6.68. The van der Waals surface area contributed by atoms with E-state index in [2.05, 4.69) is 37.2 Å². The SMILES string of the molecule is CC(=O)O[C@H]1C(=O)Nc2ccc(cc2)C[C@H](C(=O)O)CC(=O)[C@@H](Cc2ccccc2)NC(=O)[C@H](Cc2ccc(Br)cc2)NC(=O)[C@@H](Cc2ccccc2)NC(=O)[C@@H]1OC(C)=O. The molecule has 0 aliphatic carbocycles. The molecule has 0 aromatic heterocycles. The minimum absolute atomic E-state index is 0.0127. The van der Waals surface area contributed by atoms with Gasteiger partial charge in [-0.25, -0.2) is 0 Å². The monoisotopic (exact) mass is 896 g/mol. The number of carboxylic acids is 1. The molecule has 0 radical (unpaired) electrons. The third kappa shape index (κ3) is 13.7. The standard InChI is InChI=1S/C45H45BrN4O11/c1-26(51)60-39-40(61-27(2)52)44(57)50-37(23-29-11-7-4-8-12-29)42(55)49-36(24-31-13-17-33(46)18-14-31)41(54)48-35(22-28-9-5-3-6-10-28)38(53)25-32(45(58)59)21-30-15-19-34(20-16-30)47-43(39)56/h3-20,32,35-37,39-40H,21-25H2,1-2H3,(H,47,56)(H,48,54)(H,49,55)(H,50,57)(H,58,59)/t32-,35+,36-,37+,39+,40+/m0/s1. The molecule has 6 atom stereocenters. The first-order valence-electron chi connectivity index (χ1n) is 19.4. The molecular weight excluding hydrogens is 852 g/mol. The summed E-state index contributed by atoms with van der Waals surface area (Å²) in [6, 6.07) is 26.2. The van der Waals surface area contributed by atoms with Gasteiger partial charge in [-0.15, -0.1) is 0 Å². The number of carbonyl (C=O) groups is 8. The van der Waals surface area contributed by atoms with Crippen LogP contribution in [-0.4, -0.2) is 82.8 Å². The maximum absolute atomic E-state index is 14.4. The maximum Gasteiger partial charge on any atom is 0.307 e. The van der Waals surface area contributed by atoms with Crippen LogP contribution in [0.1, 0.15) is 42.5 Å². The minimum Gasteiger partial charge on any atom is -0.481 e. The summed E-state index contributed by atoms with van der Waals surface area (Å²) in [7, 11) is 0. The van der Waals surface area contributed by atoms with Gasteiger partial charge < -0.3 is 35.8 Å². The first-order valence-corrected chi connectivity index (χ1v) is 20.2. The highest BCUT2D eigenvalue weighted by molar-refractivity contribution is 9.10. The van der Waals surface area contributed by atoms with E-state index in [0.29, 0.717) is 22.3 Å². The van der Waals surface area contributed by atoms with E-state index < -0.39 is 90.0 Å². The number of fused-ring (bicyclic) bond motifs is 18. The summed E-state index contributed by atoms with van der Waals surface area (Å²) in [6.45, 7) is 1.97. The molecule has 318 valence electrons. The molecule has 4 amide bonds. The molecule has 0 saturated heterocycles. The maximum atomic E-state index is 14.4. The topological polar surface area (TPSA) is 223 Å². The van der Waals surface area contributed by atoms with Gasteiger partial charge in [-0.05, 0) is 59.4 Å². The second-order valence-electron chi connectivity index (χ2n) is 14.5. The van der Waals surface area contributed by atoms with Gasteiger partial charge in [-0.1, -0.05) is 101 Å². The number of amides is 4. The zero-order chi connectivity index (χ0) is 44.1. The molecule has 0 saturated carbocycles. The number of rotatable bonds is 9. The van der Waals surface area contributed by atoms with Crippen molar-refractivity contribution in [3.63, 3.8) is 0 Å². The lowest BCUT2D eigenvalue weighted by Crippen LogP contribution is -2.59. The molecule has 5 N–H and O–H groups in total. The second kappa shape index (κ2) is 21.5. The van der Waals surface area contributed by atoms with Gasteiger partial charge in [-0.2, -0.15) is 0 Å². The van der Waals surface area contributed by atoms with Gasteiger partial charge in [0.05, 0.1) is 12.0 Å². The molecule has 2 aliphatic heterocycles. The normalized spacial score (nSPS) is 21.7. The summed E-state index contributed by atoms with van der Waals surface area (Å²) < 4.78 is 11.3. The summed E-state index contributed by atoms with van der Waals surface area (Å²) in [5.41, 5.74) is 2.51. The first kappa shape index (κ1) is 45.4. The average Bonchev–Trinajstić information content (AvgIpc) is 3.22. The summed E-state index contributed by atoms with van der Waals surface area (Å²) in [5, 5.41) is 20.8. The molecule has 4 aromatic rings. The highest BCUT2D eigenvalue weighted by atomic mass is 79.9. The predicted molar refractivity (Wildman–Crippen MR) is 225 cm³/mol. The van der Waals surface area contributed by atoms with E-state index in [1.807, 2.05) is 0 Å². The van der Waals surface area contributed by atoms with Crippen LogP contribution in [0.3, 0.4) is 0 Å². The molecule has 0 fully saturated rings. The van der Waals surface area contributed by atoms with Crippen LogP contribution in [0.4, 0.5) is 5.69 Å². The van der Waals surface area contributed by atoms with E-state index >= 15 is 0 Å². The van der Waals surface area contributed by atoms with Crippen LogP contribution in [-0.2, 0) is 73.5 Å². The summed E-state index contributed by atoms with van der Waals surface area (Å²) >= 11 is 3.39. The molecule has 2 heterocycles. The lowest BCUT2D eigenvalue weighted by Gasteiger charge is -2.28. The van der Waals surface area contributed by atoms with Crippen molar-refractivity contribution < 1.29 is 52.9 Å². The number of Topliss-reactive ketones (excluding diaryl/α,β-unsaturated/α-hetero) is 1. The molecule has 2 aliphatic rings. The van der Waals surface area contributed by atoms with Crippen molar-refractivity contribution in [1.82, 2.24) is 16.0 Å². The lowest BCUT2D eigenvalue weighted by molar-refractivity contribution is -0.173. The fourth-order valence-corrected chi connectivity index (χ4v) is 7.00. The van der Waals surface area contributed by atoms with Crippen molar-refractivity contribution >= 4 is 68.9 Å². The number of aliphatic carboxylic acids is 1. The number of anilines is 1. The molecule has 0 unspecified atom stereocenters. The Labute approximate surface area is 360 Å². The number of ether oxygens (including phenoxy) is 2. The number of carbonyl (C=O) groups excluding carboxylic acids is 7. The molecule has 0 spiro atoms. The van der Waals surface area contributed by atoms with Gasteiger partial charge in [0.2, 0.25) is 24.0 Å². The van der Waals surface area contributed by atoms with Crippen molar-refractivity contribution in [2.24, 2.45) is 5.92 Å². The number of hydrogen-bond donors (Lipinski definition) is 5. The zero-order valence-electron chi connectivity index (χ0n) is 33.3. The van der Waals surface area contributed by atoms with Crippen molar-refractivity contribution in [1.29, 1.82) is 0 Å². The van der Waals surface area contributed by atoms with Gasteiger partial charge in [0.25, 0.3) is 11.8 Å². The predicted octanol–water partition coefficient (Wildman–Crippen LogP) is 3.65. The number of benzene rings is 4. The van der Waals surface area contributed by atoms with Crippen LogP contribution in [0, 0.1) is 5.92 Å². The summed E-state index contributed by atoms with van der Waals surface area (Å²) in [4.78, 5) is 108. The van der Waals surface area contributed by atoms with Gasteiger partial charge in [0.1, 0.15) is 12.1 Å². The molecule has 6 rings (SSSR count). The quantitative estimate of drug-likeness (QED) is 0.121. The molecule has 61 heavy (non-hydrogen) atoms. The Morgan fingerprint density at radius 2 is 1.02 bits per heavy atom. The second-order valence-corrected chi connectivity index (χ2v) is 15.5. The fraction of sp³-hybridized carbons (Fsp3) is 0.289. The minimum atomic E-state index is -2.09. The van der Waals surface area contributed by atoms with Crippen LogP contribution >= 0.6 is 15.9 Å². The molecule has 16 heteroatoms. The van der Waals surface area contributed by atoms with Crippen molar-refractivity contribution in [2.75, 3.05) is 5.32 Å². The highest BCUT2D eigenvalue weighted by Crippen LogP contribution is 2.21. The molecule has 4 aromatic carbocycles. The Bertz CT molecular complexity index is 2220. The summed E-state index contributed by atoms with van der Waals surface area (Å²) in [5.74, 6) is -8.91. The number of nitrogens with one attached hydrogen (secondary N) is 4. The zero-order valence-corrected chi connectivity index (χ0v) is 34.9. The van der Waals surface area contributed by atoms with Crippen molar-refractivity contribution in [3.05, 3.63) is 136 Å². The highest BCUT2D eigenvalue weighted by Gasteiger charge is 2.41. The van der Waals surface area contributed by atoms with E-state index in [9.17, 15) is 43.5 Å². The molecule has 2 bridgehead atoms. The Morgan fingerprint density at radius 3 is 1.51 bits per heavy atom. The van der Waals surface area contributed by atoms with E-state index in [-0.39, 0.29) is 31.4 Å². The van der Waals surface area contributed by atoms with E-state index in [1.54, 1.807) is 84.9 Å². The van der Waals surface area contributed by atoms with E-state index in [1.165, 1.54) is 24.3 Å². The first-order chi connectivity index (χ1) is 29.1. The lowest BCUT2D eigenvalue weighted by atomic mass is 9.90. The van der Waals surface area contributed by atoms with Gasteiger partial charge in [0.15, 0.2) is 5.78 Å². The van der Waals surface area contributed by atoms with E-state index in [0.717, 1.165) is 18.3 Å². The average molecular weight is 898 g/mol. The third-order valence-corrected chi connectivity index (χ3v) is 10.3. The van der Waals surface area contributed by atoms with Crippen LogP contribution in [0.2, 0.25) is 0 Å². The molecular formula is C45H45BrN4O11. The number of ketones is 1. The third-order valence-electron chi connectivity index (χ3n) is 9.77. The summed E-state index contributed by atoms with van der Waals surface area (Å²) in [6.07, 6.45) is -4.92. The Morgan fingerprint density at radius 1 is 0.574 bits per heavy atom. The number of halogens is 1. The van der Waals surface area contributed by atoms with Crippen LogP contribution in [0.25, 0.3) is 0 Å². The van der Waals surface area contributed by atoms with Gasteiger partial charge in [0, 0.05) is 43.3 Å². The number of esters is 2. The largest absolute Gasteiger partial charge is 0.481 e.